The molecule has 1 aliphatic rings. The van der Waals surface area contributed by atoms with Crippen molar-refractivity contribution in [2.75, 3.05) is 33.9 Å². The third kappa shape index (κ3) is 5.73. The van der Waals surface area contributed by atoms with Crippen LogP contribution in [0.1, 0.15) is 33.3 Å². The van der Waals surface area contributed by atoms with Gasteiger partial charge in [0.15, 0.2) is 0 Å². The second kappa shape index (κ2) is 11.5. The number of hydrogen-bond acceptors (Lipinski definition) is 6. The van der Waals surface area contributed by atoms with Crippen LogP contribution in [0.15, 0.2) is 71.1 Å². The molecule has 35 heavy (non-hydrogen) atoms. The number of hydrogen-bond donors (Lipinski definition) is 0. The van der Waals surface area contributed by atoms with Crippen LogP contribution in [0.25, 0.3) is 0 Å². The summed E-state index contributed by atoms with van der Waals surface area (Å²) in [7, 11) is 3.17. The third-order valence-electron chi connectivity index (χ3n) is 5.75. The fraction of sp³-hybridized carbons (Fsp3) is 0.269. The molecule has 182 valence electrons. The zero-order valence-electron chi connectivity index (χ0n) is 19.5. The van der Waals surface area contributed by atoms with Gasteiger partial charge < -0.3 is 14.4 Å². The molecule has 7 nitrogen and oxygen atoms in total. The number of benzene rings is 2. The van der Waals surface area contributed by atoms with E-state index >= 15 is 0 Å². The quantitative estimate of drug-likeness (QED) is 0.410. The molecule has 2 amide bonds. The smallest absolute Gasteiger partial charge is 0.262 e. The highest BCUT2D eigenvalue weighted by atomic mass is 35.5. The summed E-state index contributed by atoms with van der Waals surface area (Å²) in [5, 5.41) is 8.52. The third-order valence-corrected chi connectivity index (χ3v) is 7.00. The molecule has 9 heteroatoms. The van der Waals surface area contributed by atoms with E-state index in [-0.39, 0.29) is 37.6 Å². The molecule has 2 heterocycles. The largest absolute Gasteiger partial charge is 0.497 e. The highest BCUT2D eigenvalue weighted by Gasteiger charge is 2.35. The highest BCUT2D eigenvalue weighted by Crippen LogP contribution is 2.34. The molecule has 0 fully saturated rings. The van der Waals surface area contributed by atoms with E-state index in [4.69, 9.17) is 26.2 Å². The zero-order chi connectivity index (χ0) is 24.8. The molecular weight excluding hydrogens is 486 g/mol. The Morgan fingerprint density at radius 3 is 2.54 bits per heavy atom. The molecule has 1 aliphatic heterocycles. The molecule has 0 aliphatic carbocycles. The van der Waals surface area contributed by atoms with Crippen molar-refractivity contribution >= 4 is 40.5 Å². The van der Waals surface area contributed by atoms with Crippen LogP contribution in [0, 0.1) is 0 Å². The number of ether oxygens (including phenoxy) is 2. The minimum atomic E-state index is -0.330. The normalized spacial score (nSPS) is 15.1. The Morgan fingerprint density at radius 2 is 1.89 bits per heavy atom. The van der Waals surface area contributed by atoms with Gasteiger partial charge in [-0.2, -0.15) is 5.10 Å². The van der Waals surface area contributed by atoms with Crippen molar-refractivity contribution in [1.82, 2.24) is 9.91 Å². The lowest BCUT2D eigenvalue weighted by atomic mass is 10.0. The van der Waals surface area contributed by atoms with Gasteiger partial charge in [0.25, 0.3) is 11.8 Å². The van der Waals surface area contributed by atoms with Crippen molar-refractivity contribution in [1.29, 1.82) is 0 Å². The van der Waals surface area contributed by atoms with E-state index in [1.807, 2.05) is 41.8 Å². The van der Waals surface area contributed by atoms with Crippen LogP contribution >= 0.6 is 22.9 Å². The first-order valence-corrected chi connectivity index (χ1v) is 12.4. The molecule has 0 unspecified atom stereocenters. The molecule has 1 aromatic heterocycles. The van der Waals surface area contributed by atoms with Crippen LogP contribution < -0.4 is 4.74 Å². The molecule has 0 saturated heterocycles. The average Bonchev–Trinajstić information content (AvgIpc) is 3.57. The number of halogens is 1. The van der Waals surface area contributed by atoms with Crippen molar-refractivity contribution in [2.45, 2.75) is 12.5 Å². The average molecular weight is 512 g/mol. The van der Waals surface area contributed by atoms with Crippen LogP contribution in [-0.2, 0) is 9.53 Å². The van der Waals surface area contributed by atoms with E-state index in [0.29, 0.717) is 17.0 Å². The molecule has 4 rings (SSSR count). The highest BCUT2D eigenvalue weighted by molar-refractivity contribution is 7.12. The van der Waals surface area contributed by atoms with Gasteiger partial charge in [-0.25, -0.2) is 5.01 Å². The first-order chi connectivity index (χ1) is 17.0. The van der Waals surface area contributed by atoms with Gasteiger partial charge in [0, 0.05) is 20.1 Å². The van der Waals surface area contributed by atoms with Crippen LogP contribution in [0.4, 0.5) is 0 Å². The summed E-state index contributed by atoms with van der Waals surface area (Å²) in [4.78, 5) is 29.3. The maximum absolute atomic E-state index is 13.6. The van der Waals surface area contributed by atoms with Crippen LogP contribution in [0.2, 0.25) is 5.02 Å². The van der Waals surface area contributed by atoms with Crippen LogP contribution in [0.5, 0.6) is 5.75 Å². The number of nitrogens with zero attached hydrogens (tertiary/aromatic N) is 3. The second-order valence-corrected chi connectivity index (χ2v) is 9.31. The minimum Gasteiger partial charge on any atom is -0.497 e. The van der Waals surface area contributed by atoms with Gasteiger partial charge in [-0.1, -0.05) is 41.9 Å². The lowest BCUT2D eigenvalue weighted by Gasteiger charge is -2.27. The van der Waals surface area contributed by atoms with Crippen molar-refractivity contribution in [3.8, 4) is 5.75 Å². The topological polar surface area (TPSA) is 71.4 Å². The van der Waals surface area contributed by atoms with Crippen molar-refractivity contribution in [3.05, 3.63) is 87.1 Å². The Morgan fingerprint density at radius 1 is 1.11 bits per heavy atom. The molecule has 1 atom stereocenters. The van der Waals surface area contributed by atoms with Gasteiger partial charge in [-0.15, -0.1) is 11.3 Å². The molecule has 0 spiro atoms. The maximum Gasteiger partial charge on any atom is 0.262 e. The van der Waals surface area contributed by atoms with Gasteiger partial charge in [0.2, 0.25) is 0 Å². The number of carbonyl (C=O) groups excluding carboxylic acids is 2. The second-order valence-electron chi connectivity index (χ2n) is 7.95. The number of rotatable bonds is 9. The van der Waals surface area contributed by atoms with Crippen molar-refractivity contribution in [2.24, 2.45) is 5.10 Å². The summed E-state index contributed by atoms with van der Waals surface area (Å²) in [5.74, 6) is 0.123. The Kier molecular flexibility index (Phi) is 8.17. The Hall–Kier alpha value is -3.20. The fourth-order valence-electron chi connectivity index (χ4n) is 3.91. The molecule has 0 saturated carbocycles. The first-order valence-electron chi connectivity index (χ1n) is 11.1. The fourth-order valence-corrected chi connectivity index (χ4v) is 4.85. The van der Waals surface area contributed by atoms with E-state index in [0.717, 1.165) is 21.9 Å². The number of amides is 2. The summed E-state index contributed by atoms with van der Waals surface area (Å²) >= 11 is 7.84. The number of thiophene rings is 1. The molecule has 0 bridgehead atoms. The van der Waals surface area contributed by atoms with Crippen molar-refractivity contribution < 1.29 is 19.1 Å². The summed E-state index contributed by atoms with van der Waals surface area (Å²) < 4.78 is 10.5. The number of carbonyl (C=O) groups is 2. The first kappa shape index (κ1) is 24.9. The lowest BCUT2D eigenvalue weighted by Crippen LogP contribution is -2.42. The molecule has 0 N–H and O–H groups in total. The van der Waals surface area contributed by atoms with Crippen molar-refractivity contribution in [3.63, 3.8) is 0 Å². The standard InChI is InChI=1S/C26H26ClN3O4S/c1-33-14-13-29(26(32)20-6-3-4-7-21(20)27)17-25(31)30-23(18-9-11-19(34-2)12-10-18)16-22(28-30)24-8-5-15-35-24/h3-12,15,23H,13-14,16-17H2,1-2H3/t23-/m1/s1. The van der Waals surface area contributed by atoms with Crippen LogP contribution in [-0.4, -0.2) is 61.4 Å². The van der Waals surface area contributed by atoms with E-state index in [2.05, 4.69) is 0 Å². The maximum atomic E-state index is 13.6. The molecule has 2 aromatic carbocycles. The summed E-state index contributed by atoms with van der Waals surface area (Å²) in [5.41, 5.74) is 2.12. The molecule has 0 radical (unpaired) electrons. The van der Waals surface area contributed by atoms with Gasteiger partial charge in [0.05, 0.1) is 40.9 Å². The SMILES string of the molecule is COCCN(CC(=O)N1N=C(c2cccs2)C[C@@H]1c1ccc(OC)cc1)C(=O)c1ccccc1Cl. The van der Waals surface area contributed by atoms with Crippen LogP contribution in [0.3, 0.4) is 0 Å². The molecular formula is C26H26ClN3O4S. The Labute approximate surface area is 213 Å². The minimum absolute atomic E-state index is 0.151. The Balaban J connectivity index is 1.61. The Bertz CT molecular complexity index is 1200. The zero-order valence-corrected chi connectivity index (χ0v) is 21.1. The van der Waals surface area contributed by atoms with E-state index in [9.17, 15) is 9.59 Å². The van der Waals surface area contributed by atoms with Gasteiger partial charge >= 0.3 is 0 Å². The van der Waals surface area contributed by atoms with Gasteiger partial charge in [-0.05, 0) is 41.3 Å². The summed E-state index contributed by atoms with van der Waals surface area (Å²) in [6, 6.07) is 18.1. The van der Waals surface area contributed by atoms with Gasteiger partial charge in [0.1, 0.15) is 12.3 Å². The number of methoxy groups -OCH3 is 2. The predicted octanol–water partition coefficient (Wildman–Crippen LogP) is 4.88. The van der Waals surface area contributed by atoms with Gasteiger partial charge in [-0.3, -0.25) is 9.59 Å². The lowest BCUT2D eigenvalue weighted by molar-refractivity contribution is -0.133. The summed E-state index contributed by atoms with van der Waals surface area (Å²) in [6.07, 6.45) is 0.578. The van der Waals surface area contributed by atoms with E-state index < -0.39 is 0 Å². The summed E-state index contributed by atoms with van der Waals surface area (Å²) in [6.45, 7) is 0.380. The number of hydrazone groups is 1. The van der Waals surface area contributed by atoms with E-state index in [1.54, 1.807) is 49.8 Å². The predicted molar refractivity (Wildman–Crippen MR) is 137 cm³/mol. The van der Waals surface area contributed by atoms with E-state index in [1.165, 1.54) is 9.91 Å². The molecule has 3 aromatic rings. The monoisotopic (exact) mass is 511 g/mol.